The van der Waals surface area contributed by atoms with Gasteiger partial charge in [-0.2, -0.15) is 0 Å². The third-order valence-corrected chi connectivity index (χ3v) is 5.63. The highest BCUT2D eigenvalue weighted by Gasteiger charge is 2.22. The second-order valence-electron chi connectivity index (χ2n) is 7.00. The Morgan fingerprint density at radius 1 is 1.00 bits per heavy atom. The Bertz CT molecular complexity index is 864. The smallest absolute Gasteiger partial charge is 0.232 e. The zero-order chi connectivity index (χ0) is 20.0. The van der Waals surface area contributed by atoms with Gasteiger partial charge in [-0.3, -0.25) is 9.10 Å². The van der Waals surface area contributed by atoms with Crippen molar-refractivity contribution in [1.29, 1.82) is 0 Å². The average Bonchev–Trinajstić information content (AvgIpc) is 2.61. The summed E-state index contributed by atoms with van der Waals surface area (Å²) in [6, 6.07) is 17.0. The first-order valence-electron chi connectivity index (χ1n) is 9.11. The molecule has 1 atom stereocenters. The Hall–Kier alpha value is -2.34. The van der Waals surface area contributed by atoms with Gasteiger partial charge in [0.05, 0.1) is 18.0 Å². The van der Waals surface area contributed by atoms with Crippen molar-refractivity contribution in [3.8, 4) is 0 Å². The van der Waals surface area contributed by atoms with E-state index in [1.165, 1.54) is 10.6 Å². The van der Waals surface area contributed by atoms with E-state index in [0.717, 1.165) is 11.1 Å². The molecule has 27 heavy (non-hydrogen) atoms. The molecule has 0 aliphatic heterocycles. The van der Waals surface area contributed by atoms with Gasteiger partial charge >= 0.3 is 0 Å². The Balaban J connectivity index is 2.11. The van der Waals surface area contributed by atoms with E-state index < -0.39 is 10.0 Å². The zero-order valence-electron chi connectivity index (χ0n) is 16.3. The van der Waals surface area contributed by atoms with Gasteiger partial charge in [0.25, 0.3) is 0 Å². The van der Waals surface area contributed by atoms with Crippen molar-refractivity contribution in [2.45, 2.75) is 39.2 Å². The fourth-order valence-electron chi connectivity index (χ4n) is 3.01. The summed E-state index contributed by atoms with van der Waals surface area (Å²) >= 11 is 0. The Kier molecular flexibility index (Phi) is 7.02. The summed E-state index contributed by atoms with van der Waals surface area (Å²) in [7, 11) is -3.50. The lowest BCUT2D eigenvalue weighted by molar-refractivity contribution is -0.121. The van der Waals surface area contributed by atoms with Gasteiger partial charge < -0.3 is 5.32 Å². The molecule has 0 radical (unpaired) electrons. The van der Waals surface area contributed by atoms with E-state index in [1.54, 1.807) is 6.07 Å². The van der Waals surface area contributed by atoms with E-state index in [9.17, 15) is 13.2 Å². The van der Waals surface area contributed by atoms with Crippen LogP contribution in [0, 0.1) is 0 Å². The monoisotopic (exact) mass is 388 g/mol. The van der Waals surface area contributed by atoms with Gasteiger partial charge in [0.15, 0.2) is 0 Å². The predicted octanol–water partition coefficient (Wildman–Crippen LogP) is 3.84. The Morgan fingerprint density at radius 2 is 1.59 bits per heavy atom. The molecule has 2 rings (SSSR count). The van der Waals surface area contributed by atoms with Crippen LogP contribution in [0.4, 0.5) is 5.69 Å². The molecule has 6 heteroatoms. The number of amides is 1. The van der Waals surface area contributed by atoms with Crippen molar-refractivity contribution in [3.05, 3.63) is 65.7 Å². The molecule has 146 valence electrons. The van der Waals surface area contributed by atoms with Gasteiger partial charge in [0, 0.05) is 13.0 Å². The maximum Gasteiger partial charge on any atom is 0.232 e. The summed E-state index contributed by atoms with van der Waals surface area (Å²) in [6.07, 6.45) is 1.27. The predicted molar refractivity (Wildman–Crippen MR) is 110 cm³/mol. The second-order valence-corrected chi connectivity index (χ2v) is 8.91. The normalized spacial score (nSPS) is 12.6. The SMILES string of the molecule is CC(C)c1ccccc1N(CCC(=O)NC(C)c1ccccc1)S(C)(=O)=O. The molecule has 2 aromatic carbocycles. The summed E-state index contributed by atoms with van der Waals surface area (Å²) < 4.78 is 26.0. The molecule has 2 aromatic rings. The van der Waals surface area contributed by atoms with E-state index in [1.807, 2.05) is 69.3 Å². The van der Waals surface area contributed by atoms with E-state index in [0.29, 0.717) is 5.69 Å². The van der Waals surface area contributed by atoms with Gasteiger partial charge in [0.1, 0.15) is 0 Å². The second kappa shape index (κ2) is 9.04. The van der Waals surface area contributed by atoms with Crippen LogP contribution in [-0.4, -0.2) is 27.1 Å². The van der Waals surface area contributed by atoms with Crippen LogP contribution in [0.5, 0.6) is 0 Å². The lowest BCUT2D eigenvalue weighted by atomic mass is 10.0. The topological polar surface area (TPSA) is 66.5 Å². The first-order chi connectivity index (χ1) is 12.7. The first-order valence-corrected chi connectivity index (χ1v) is 11.0. The zero-order valence-corrected chi connectivity index (χ0v) is 17.2. The van der Waals surface area contributed by atoms with E-state index >= 15 is 0 Å². The van der Waals surface area contributed by atoms with E-state index in [-0.39, 0.29) is 30.8 Å². The minimum atomic E-state index is -3.50. The molecular weight excluding hydrogens is 360 g/mol. The Morgan fingerprint density at radius 3 is 2.19 bits per heavy atom. The van der Waals surface area contributed by atoms with Crippen LogP contribution in [-0.2, 0) is 14.8 Å². The van der Waals surface area contributed by atoms with Gasteiger partial charge in [-0.05, 0) is 30.0 Å². The van der Waals surface area contributed by atoms with Crippen LogP contribution in [0.15, 0.2) is 54.6 Å². The third-order valence-electron chi connectivity index (χ3n) is 4.45. The number of nitrogens with one attached hydrogen (secondary N) is 1. The summed E-state index contributed by atoms with van der Waals surface area (Å²) in [5.41, 5.74) is 2.59. The minimum absolute atomic E-state index is 0.0939. The lowest BCUT2D eigenvalue weighted by Gasteiger charge is -2.26. The molecule has 0 aliphatic carbocycles. The number of rotatable bonds is 8. The third kappa shape index (κ3) is 5.82. The van der Waals surface area contributed by atoms with E-state index in [4.69, 9.17) is 0 Å². The largest absolute Gasteiger partial charge is 0.350 e. The number of benzene rings is 2. The van der Waals surface area contributed by atoms with Crippen molar-refractivity contribution in [2.75, 3.05) is 17.1 Å². The number of anilines is 1. The van der Waals surface area contributed by atoms with Crippen molar-refractivity contribution in [3.63, 3.8) is 0 Å². The van der Waals surface area contributed by atoms with Crippen molar-refractivity contribution >= 4 is 21.6 Å². The minimum Gasteiger partial charge on any atom is -0.350 e. The molecule has 0 bridgehead atoms. The van der Waals surface area contributed by atoms with Gasteiger partial charge in [-0.25, -0.2) is 8.42 Å². The number of para-hydroxylation sites is 1. The quantitative estimate of drug-likeness (QED) is 0.747. The molecule has 0 saturated heterocycles. The molecule has 1 unspecified atom stereocenters. The molecular formula is C21H28N2O3S. The highest BCUT2D eigenvalue weighted by Crippen LogP contribution is 2.29. The maximum absolute atomic E-state index is 12.4. The number of carbonyl (C=O) groups is 1. The molecule has 0 aromatic heterocycles. The van der Waals surface area contributed by atoms with Crippen molar-refractivity contribution in [1.82, 2.24) is 5.32 Å². The van der Waals surface area contributed by atoms with Gasteiger partial charge in [0.2, 0.25) is 15.9 Å². The average molecular weight is 389 g/mol. The van der Waals surface area contributed by atoms with Crippen LogP contribution < -0.4 is 9.62 Å². The molecule has 0 heterocycles. The number of hydrogen-bond donors (Lipinski definition) is 1. The summed E-state index contributed by atoms with van der Waals surface area (Å²) in [5, 5.41) is 2.93. The van der Waals surface area contributed by atoms with Crippen LogP contribution in [0.1, 0.15) is 50.3 Å². The summed E-state index contributed by atoms with van der Waals surface area (Å²) in [5.74, 6) is -0.000546. The van der Waals surface area contributed by atoms with Crippen LogP contribution >= 0.6 is 0 Å². The summed E-state index contributed by atoms with van der Waals surface area (Å²) in [4.78, 5) is 12.4. The number of carbonyl (C=O) groups excluding carboxylic acids is 1. The molecule has 0 saturated carbocycles. The standard InChI is InChI=1S/C21H28N2O3S/c1-16(2)19-12-8-9-13-20(19)23(27(4,25)26)15-14-21(24)22-17(3)18-10-6-5-7-11-18/h5-13,16-17H,14-15H2,1-4H3,(H,22,24). The van der Waals surface area contributed by atoms with Crippen LogP contribution in [0.2, 0.25) is 0 Å². The van der Waals surface area contributed by atoms with Gasteiger partial charge in [-0.15, -0.1) is 0 Å². The number of hydrogen-bond acceptors (Lipinski definition) is 3. The molecule has 1 amide bonds. The number of nitrogens with zero attached hydrogens (tertiary/aromatic N) is 1. The summed E-state index contributed by atoms with van der Waals surface area (Å²) in [6.45, 7) is 6.06. The fraction of sp³-hybridized carbons (Fsp3) is 0.381. The maximum atomic E-state index is 12.4. The van der Waals surface area contributed by atoms with Crippen LogP contribution in [0.3, 0.4) is 0 Å². The number of sulfonamides is 1. The highest BCUT2D eigenvalue weighted by atomic mass is 32.2. The molecule has 0 aliphatic rings. The lowest BCUT2D eigenvalue weighted by Crippen LogP contribution is -2.36. The Labute approximate surface area is 162 Å². The molecule has 5 nitrogen and oxygen atoms in total. The van der Waals surface area contributed by atoms with Crippen LogP contribution in [0.25, 0.3) is 0 Å². The van der Waals surface area contributed by atoms with E-state index in [2.05, 4.69) is 5.32 Å². The molecule has 0 fully saturated rings. The van der Waals surface area contributed by atoms with Crippen molar-refractivity contribution < 1.29 is 13.2 Å². The van der Waals surface area contributed by atoms with Gasteiger partial charge in [-0.1, -0.05) is 62.4 Å². The fourth-order valence-corrected chi connectivity index (χ4v) is 3.96. The first kappa shape index (κ1) is 21.0. The molecule has 1 N–H and O–H groups in total. The highest BCUT2D eigenvalue weighted by molar-refractivity contribution is 7.92. The molecule has 0 spiro atoms. The van der Waals surface area contributed by atoms with Crippen molar-refractivity contribution in [2.24, 2.45) is 0 Å².